The second-order valence-corrected chi connectivity index (χ2v) is 2.95. The Morgan fingerprint density at radius 2 is 2.00 bits per heavy atom. The molecule has 0 aliphatic carbocycles. The molecule has 0 N–H and O–H groups in total. The van der Waals surface area contributed by atoms with Crippen molar-refractivity contribution >= 4 is 5.69 Å². The molecule has 1 rings (SSSR count). The van der Waals surface area contributed by atoms with Gasteiger partial charge in [-0.05, 0) is 0 Å². The third kappa shape index (κ3) is 2.50. The zero-order chi connectivity index (χ0) is 14.1. The van der Waals surface area contributed by atoms with Gasteiger partial charge < -0.3 is 0 Å². The number of nitrogens with zero attached hydrogens (tertiary/aromatic N) is 3. The summed E-state index contributed by atoms with van der Waals surface area (Å²) in [5.41, 5.74) is -5.93. The summed E-state index contributed by atoms with van der Waals surface area (Å²) in [6.07, 6.45) is -8.65. The Bertz CT molecular complexity index is 535. The van der Waals surface area contributed by atoms with E-state index < -0.39 is 40.2 Å². The van der Waals surface area contributed by atoms with E-state index in [9.17, 15) is 32.1 Å². The van der Waals surface area contributed by atoms with Crippen LogP contribution in [0.3, 0.4) is 0 Å². The fourth-order valence-electron chi connectivity index (χ4n) is 1.11. The molecule has 0 aromatic carbocycles. The third-order valence-electron chi connectivity index (χ3n) is 1.83. The molecule has 0 saturated heterocycles. The van der Waals surface area contributed by atoms with Gasteiger partial charge >= 0.3 is 6.18 Å². The minimum absolute atomic E-state index is 0.0512. The van der Waals surface area contributed by atoms with Gasteiger partial charge in [-0.15, -0.1) is 0 Å². The average molecular weight is 267 g/mol. The van der Waals surface area contributed by atoms with Gasteiger partial charge in [0.1, 0.15) is 11.8 Å². The van der Waals surface area contributed by atoms with E-state index in [4.69, 9.17) is 5.26 Å². The second-order valence-electron chi connectivity index (χ2n) is 2.95. The monoisotopic (exact) mass is 267 g/mol. The largest absolute Gasteiger partial charge is 0.433 e. The molecule has 0 aliphatic heterocycles. The summed E-state index contributed by atoms with van der Waals surface area (Å²) in [7, 11) is 0. The van der Waals surface area contributed by atoms with E-state index in [0.29, 0.717) is 0 Å². The number of hydrogen-bond acceptors (Lipinski definition) is 4. The smallest absolute Gasteiger partial charge is 0.258 e. The quantitative estimate of drug-likeness (QED) is 0.468. The molecule has 0 radical (unpaired) electrons. The Morgan fingerprint density at radius 3 is 2.33 bits per heavy atom. The van der Waals surface area contributed by atoms with Gasteiger partial charge in [-0.3, -0.25) is 10.1 Å². The fraction of sp³-hybridized carbons (Fsp3) is 0.250. The van der Waals surface area contributed by atoms with Crippen LogP contribution in [0.5, 0.6) is 0 Å². The van der Waals surface area contributed by atoms with Crippen LogP contribution in [0.4, 0.5) is 27.6 Å². The summed E-state index contributed by atoms with van der Waals surface area (Å²) in [4.78, 5) is 11.7. The van der Waals surface area contributed by atoms with Gasteiger partial charge in [-0.1, -0.05) is 0 Å². The number of alkyl halides is 5. The highest BCUT2D eigenvalue weighted by Gasteiger charge is 2.38. The molecule has 1 heterocycles. The van der Waals surface area contributed by atoms with Crippen molar-refractivity contribution in [3.63, 3.8) is 0 Å². The first-order valence-corrected chi connectivity index (χ1v) is 4.13. The summed E-state index contributed by atoms with van der Waals surface area (Å²) in [6.45, 7) is 0. The molecule has 0 spiro atoms. The predicted octanol–water partition coefficient (Wildman–Crippen LogP) is 2.82. The standard InChI is InChI=1S/C8H2F5N3O2/c9-7(10)6-3(2-14)4(16(17)18)1-5(15-6)8(11,12)13/h1,7H. The Labute approximate surface area is 95.6 Å². The van der Waals surface area contributed by atoms with Crippen molar-refractivity contribution in [1.82, 2.24) is 4.98 Å². The molecular formula is C8H2F5N3O2. The van der Waals surface area contributed by atoms with E-state index in [1.807, 2.05) is 0 Å². The van der Waals surface area contributed by atoms with Crippen LogP contribution in [-0.2, 0) is 6.18 Å². The predicted molar refractivity (Wildman–Crippen MR) is 45.6 cm³/mol. The Kier molecular flexibility index (Phi) is 3.45. The van der Waals surface area contributed by atoms with Crippen molar-refractivity contribution < 1.29 is 26.9 Å². The molecule has 1 aromatic rings. The highest BCUT2D eigenvalue weighted by Crippen LogP contribution is 2.35. The Hall–Kier alpha value is -2.31. The minimum Gasteiger partial charge on any atom is -0.258 e. The number of aromatic nitrogens is 1. The van der Waals surface area contributed by atoms with Gasteiger partial charge in [0.2, 0.25) is 0 Å². The molecule has 0 bridgehead atoms. The molecule has 0 aliphatic rings. The number of rotatable bonds is 2. The van der Waals surface area contributed by atoms with E-state index in [-0.39, 0.29) is 6.07 Å². The molecule has 0 amide bonds. The van der Waals surface area contributed by atoms with Crippen LogP contribution in [0.25, 0.3) is 0 Å². The SMILES string of the molecule is N#Cc1c([N+](=O)[O-])cc(C(F)(F)F)nc1C(F)F. The van der Waals surface area contributed by atoms with Crippen LogP contribution in [0.15, 0.2) is 6.07 Å². The molecule has 0 unspecified atom stereocenters. The zero-order valence-electron chi connectivity index (χ0n) is 8.20. The highest BCUT2D eigenvalue weighted by atomic mass is 19.4. The Balaban J connectivity index is 3.66. The molecule has 96 valence electrons. The normalized spacial score (nSPS) is 11.4. The van der Waals surface area contributed by atoms with Crippen molar-refractivity contribution in [1.29, 1.82) is 5.26 Å². The molecule has 5 nitrogen and oxygen atoms in total. The van der Waals surface area contributed by atoms with Crippen LogP contribution >= 0.6 is 0 Å². The summed E-state index contributed by atoms with van der Waals surface area (Å²) < 4.78 is 61.7. The maximum absolute atomic E-state index is 12.4. The number of hydrogen-bond donors (Lipinski definition) is 0. The minimum atomic E-state index is -5.12. The second kappa shape index (κ2) is 4.52. The van der Waals surface area contributed by atoms with E-state index in [2.05, 4.69) is 4.98 Å². The number of pyridine rings is 1. The lowest BCUT2D eigenvalue weighted by Crippen LogP contribution is -2.12. The van der Waals surface area contributed by atoms with Crippen molar-refractivity contribution in [3.05, 3.63) is 33.1 Å². The lowest BCUT2D eigenvalue weighted by atomic mass is 10.1. The van der Waals surface area contributed by atoms with Crippen LogP contribution < -0.4 is 0 Å². The molecule has 0 saturated carbocycles. The fourth-order valence-corrected chi connectivity index (χ4v) is 1.11. The first kappa shape index (κ1) is 13.8. The van der Waals surface area contributed by atoms with Crippen LogP contribution in [-0.4, -0.2) is 9.91 Å². The lowest BCUT2D eigenvalue weighted by molar-refractivity contribution is -0.385. The Morgan fingerprint density at radius 1 is 1.44 bits per heavy atom. The summed E-state index contributed by atoms with van der Waals surface area (Å²) in [5, 5.41) is 18.9. The summed E-state index contributed by atoms with van der Waals surface area (Å²) >= 11 is 0. The van der Waals surface area contributed by atoms with Gasteiger partial charge in [0, 0.05) is 6.07 Å². The van der Waals surface area contributed by atoms with E-state index in [1.54, 1.807) is 0 Å². The van der Waals surface area contributed by atoms with Crippen LogP contribution in [0, 0.1) is 21.4 Å². The molecule has 1 aromatic heterocycles. The number of nitriles is 1. The topological polar surface area (TPSA) is 79.8 Å². The molecule has 0 fully saturated rings. The first-order valence-electron chi connectivity index (χ1n) is 4.13. The van der Waals surface area contributed by atoms with E-state index >= 15 is 0 Å². The maximum atomic E-state index is 12.4. The molecular weight excluding hydrogens is 265 g/mol. The van der Waals surface area contributed by atoms with Crippen molar-refractivity contribution in [2.24, 2.45) is 0 Å². The van der Waals surface area contributed by atoms with Crippen molar-refractivity contribution in [3.8, 4) is 6.07 Å². The van der Waals surface area contributed by atoms with Gasteiger partial charge in [0.25, 0.3) is 12.1 Å². The van der Waals surface area contributed by atoms with Gasteiger partial charge in [0.05, 0.1) is 4.92 Å². The zero-order valence-corrected chi connectivity index (χ0v) is 8.20. The summed E-state index contributed by atoms with van der Waals surface area (Å²) in [5.74, 6) is 0. The first-order chi connectivity index (χ1) is 8.18. The van der Waals surface area contributed by atoms with Gasteiger partial charge in [0.15, 0.2) is 11.3 Å². The average Bonchev–Trinajstić information content (AvgIpc) is 2.25. The van der Waals surface area contributed by atoms with E-state index in [0.717, 1.165) is 6.07 Å². The van der Waals surface area contributed by atoms with E-state index in [1.165, 1.54) is 0 Å². The highest BCUT2D eigenvalue weighted by molar-refractivity contribution is 5.52. The maximum Gasteiger partial charge on any atom is 0.433 e. The van der Waals surface area contributed by atoms with Gasteiger partial charge in [-0.2, -0.15) is 18.4 Å². The molecule has 18 heavy (non-hydrogen) atoms. The lowest BCUT2D eigenvalue weighted by Gasteiger charge is -2.09. The summed E-state index contributed by atoms with van der Waals surface area (Å²) in [6, 6.07) is 1.00. The third-order valence-corrected chi connectivity index (χ3v) is 1.83. The van der Waals surface area contributed by atoms with Crippen molar-refractivity contribution in [2.75, 3.05) is 0 Å². The van der Waals surface area contributed by atoms with Crippen LogP contribution in [0.2, 0.25) is 0 Å². The van der Waals surface area contributed by atoms with Crippen molar-refractivity contribution in [2.45, 2.75) is 12.6 Å². The number of halogens is 5. The molecule has 0 atom stereocenters. The number of nitro groups is 1. The van der Waals surface area contributed by atoms with Gasteiger partial charge in [-0.25, -0.2) is 13.8 Å². The van der Waals surface area contributed by atoms with Crippen LogP contribution in [0.1, 0.15) is 23.4 Å². The molecule has 10 heteroatoms.